The molecule has 0 atom stereocenters. The van der Waals surface area contributed by atoms with Crippen LogP contribution in [0.3, 0.4) is 0 Å². The van der Waals surface area contributed by atoms with Gasteiger partial charge in [0.25, 0.3) is 11.6 Å². The zero-order valence-electron chi connectivity index (χ0n) is 15.6. The SMILES string of the molecule is CCOCCOc1ccccc1C(=O)NC(=S)Nc1ccc(C)c([N+](=O)[O-])c1. The highest BCUT2D eigenvalue weighted by Crippen LogP contribution is 2.22. The van der Waals surface area contributed by atoms with E-state index in [0.29, 0.717) is 42.4 Å². The topological polar surface area (TPSA) is 103 Å². The standard InChI is InChI=1S/C19H21N3O5S/c1-3-26-10-11-27-17-7-5-4-6-15(17)18(23)21-19(28)20-14-9-8-13(2)16(12-14)22(24)25/h4-9,12H,3,10-11H2,1-2H3,(H2,20,21,23,28). The number of anilines is 1. The van der Waals surface area contributed by atoms with Gasteiger partial charge in [0, 0.05) is 23.9 Å². The molecule has 0 aromatic heterocycles. The molecule has 2 aromatic rings. The van der Waals surface area contributed by atoms with Gasteiger partial charge in [-0.2, -0.15) is 0 Å². The zero-order chi connectivity index (χ0) is 20.5. The Kier molecular flexibility index (Phi) is 7.85. The zero-order valence-corrected chi connectivity index (χ0v) is 16.4. The molecule has 0 radical (unpaired) electrons. The van der Waals surface area contributed by atoms with Crippen LogP contribution in [0.1, 0.15) is 22.8 Å². The van der Waals surface area contributed by atoms with Gasteiger partial charge in [-0.05, 0) is 44.3 Å². The molecule has 2 rings (SSSR count). The summed E-state index contributed by atoms with van der Waals surface area (Å²) in [5.74, 6) is -0.0420. The van der Waals surface area contributed by atoms with Gasteiger partial charge in [0.15, 0.2) is 5.11 Å². The molecule has 8 nitrogen and oxygen atoms in total. The van der Waals surface area contributed by atoms with Crippen LogP contribution in [0.15, 0.2) is 42.5 Å². The molecular weight excluding hydrogens is 382 g/mol. The van der Waals surface area contributed by atoms with E-state index in [1.807, 2.05) is 6.92 Å². The molecule has 2 N–H and O–H groups in total. The van der Waals surface area contributed by atoms with E-state index in [-0.39, 0.29) is 10.8 Å². The van der Waals surface area contributed by atoms with Gasteiger partial charge in [-0.25, -0.2) is 0 Å². The smallest absolute Gasteiger partial charge is 0.274 e. The fourth-order valence-electron chi connectivity index (χ4n) is 2.35. The molecule has 28 heavy (non-hydrogen) atoms. The highest BCUT2D eigenvalue weighted by molar-refractivity contribution is 7.80. The molecule has 9 heteroatoms. The van der Waals surface area contributed by atoms with Crippen molar-refractivity contribution in [1.29, 1.82) is 0 Å². The lowest BCUT2D eigenvalue weighted by atomic mass is 10.2. The number of aryl methyl sites for hydroxylation is 1. The molecule has 0 aliphatic rings. The lowest BCUT2D eigenvalue weighted by molar-refractivity contribution is -0.385. The van der Waals surface area contributed by atoms with Crippen LogP contribution in [0, 0.1) is 17.0 Å². The first-order valence-corrected chi connectivity index (χ1v) is 9.00. The number of amides is 1. The van der Waals surface area contributed by atoms with E-state index in [4.69, 9.17) is 21.7 Å². The summed E-state index contributed by atoms with van der Waals surface area (Å²) < 4.78 is 10.8. The number of carbonyl (C=O) groups excluding carboxylic acids is 1. The second kappa shape index (κ2) is 10.3. The number of nitrogens with zero attached hydrogens (tertiary/aromatic N) is 1. The Morgan fingerprint density at radius 3 is 2.68 bits per heavy atom. The van der Waals surface area contributed by atoms with Gasteiger partial charge in [-0.1, -0.05) is 18.2 Å². The molecule has 0 fully saturated rings. The van der Waals surface area contributed by atoms with Crippen molar-refractivity contribution in [3.63, 3.8) is 0 Å². The maximum Gasteiger partial charge on any atom is 0.274 e. The number of benzene rings is 2. The number of ether oxygens (including phenoxy) is 2. The molecule has 0 aliphatic heterocycles. The van der Waals surface area contributed by atoms with Gasteiger partial charge >= 0.3 is 0 Å². The van der Waals surface area contributed by atoms with Crippen molar-refractivity contribution in [3.05, 3.63) is 63.7 Å². The Labute approximate surface area is 168 Å². The molecule has 2 aromatic carbocycles. The van der Waals surface area contributed by atoms with Gasteiger partial charge in [0.2, 0.25) is 0 Å². The average molecular weight is 403 g/mol. The summed E-state index contributed by atoms with van der Waals surface area (Å²) in [6, 6.07) is 11.4. The van der Waals surface area contributed by atoms with E-state index in [1.54, 1.807) is 43.3 Å². The van der Waals surface area contributed by atoms with Crippen molar-refractivity contribution in [1.82, 2.24) is 5.32 Å². The van der Waals surface area contributed by atoms with Crippen molar-refractivity contribution in [2.24, 2.45) is 0 Å². The third kappa shape index (κ3) is 6.00. The predicted molar refractivity (Wildman–Crippen MR) is 110 cm³/mol. The number of thiocarbonyl (C=S) groups is 1. The summed E-state index contributed by atoms with van der Waals surface area (Å²) in [5, 5.41) is 16.4. The van der Waals surface area contributed by atoms with Crippen LogP contribution in [0.5, 0.6) is 5.75 Å². The van der Waals surface area contributed by atoms with E-state index >= 15 is 0 Å². The first-order valence-electron chi connectivity index (χ1n) is 8.59. The van der Waals surface area contributed by atoms with Crippen molar-refractivity contribution < 1.29 is 19.2 Å². The summed E-state index contributed by atoms with van der Waals surface area (Å²) in [6.45, 7) is 4.84. The first-order chi connectivity index (χ1) is 13.4. The normalized spacial score (nSPS) is 10.2. The van der Waals surface area contributed by atoms with Gasteiger partial charge in [0.05, 0.1) is 17.1 Å². The Morgan fingerprint density at radius 2 is 1.96 bits per heavy atom. The molecule has 0 aliphatic carbocycles. The van der Waals surface area contributed by atoms with Crippen LogP contribution in [0.4, 0.5) is 11.4 Å². The lowest BCUT2D eigenvalue weighted by Gasteiger charge is -2.13. The first kappa shape index (κ1) is 21.3. The maximum atomic E-state index is 12.5. The average Bonchev–Trinajstić information content (AvgIpc) is 2.66. The highest BCUT2D eigenvalue weighted by atomic mass is 32.1. The summed E-state index contributed by atoms with van der Waals surface area (Å²) >= 11 is 5.15. The largest absolute Gasteiger partial charge is 0.490 e. The summed E-state index contributed by atoms with van der Waals surface area (Å²) in [4.78, 5) is 23.1. The second-order valence-electron chi connectivity index (χ2n) is 5.71. The molecule has 0 bridgehead atoms. The van der Waals surface area contributed by atoms with Crippen molar-refractivity contribution in [2.75, 3.05) is 25.1 Å². The molecule has 0 unspecified atom stereocenters. The third-order valence-electron chi connectivity index (χ3n) is 3.71. The quantitative estimate of drug-likeness (QED) is 0.301. The number of nitro benzene ring substituents is 1. The van der Waals surface area contributed by atoms with Crippen LogP contribution >= 0.6 is 12.2 Å². The summed E-state index contributed by atoms with van der Waals surface area (Å²) in [7, 11) is 0. The van der Waals surface area contributed by atoms with Gasteiger partial charge in [-0.3, -0.25) is 20.2 Å². The molecule has 1 amide bonds. The van der Waals surface area contributed by atoms with Gasteiger partial charge in [0.1, 0.15) is 12.4 Å². The fourth-order valence-corrected chi connectivity index (χ4v) is 2.56. The van der Waals surface area contributed by atoms with Gasteiger partial charge in [-0.15, -0.1) is 0 Å². The van der Waals surface area contributed by atoms with Crippen LogP contribution in [0.2, 0.25) is 0 Å². The minimum absolute atomic E-state index is 0.0206. The molecule has 0 spiro atoms. The highest BCUT2D eigenvalue weighted by Gasteiger charge is 2.15. The van der Waals surface area contributed by atoms with E-state index in [0.717, 1.165) is 0 Å². The Morgan fingerprint density at radius 1 is 1.21 bits per heavy atom. The van der Waals surface area contributed by atoms with Gasteiger partial charge < -0.3 is 14.8 Å². The molecular formula is C19H21N3O5S. The van der Waals surface area contributed by atoms with E-state index in [2.05, 4.69) is 10.6 Å². The molecule has 0 saturated heterocycles. The van der Waals surface area contributed by atoms with Crippen molar-refractivity contribution in [2.45, 2.75) is 13.8 Å². The maximum absolute atomic E-state index is 12.5. The van der Waals surface area contributed by atoms with Crippen LogP contribution in [-0.2, 0) is 4.74 Å². The predicted octanol–water partition coefficient (Wildman–Crippen LogP) is 3.45. The number of nitro groups is 1. The molecule has 148 valence electrons. The van der Waals surface area contributed by atoms with Crippen LogP contribution in [-0.4, -0.2) is 35.8 Å². The minimum atomic E-state index is -0.474. The van der Waals surface area contributed by atoms with E-state index in [1.165, 1.54) is 6.07 Å². The molecule has 0 saturated carbocycles. The van der Waals surface area contributed by atoms with Crippen molar-refractivity contribution in [3.8, 4) is 5.75 Å². The lowest BCUT2D eigenvalue weighted by Crippen LogP contribution is -2.34. The number of carbonyl (C=O) groups is 1. The summed E-state index contributed by atoms with van der Waals surface area (Å²) in [5.41, 5.74) is 1.22. The van der Waals surface area contributed by atoms with E-state index < -0.39 is 10.8 Å². The third-order valence-corrected chi connectivity index (χ3v) is 3.92. The minimum Gasteiger partial charge on any atom is -0.490 e. The Balaban J connectivity index is 2.02. The number of hydrogen-bond donors (Lipinski definition) is 2. The van der Waals surface area contributed by atoms with E-state index in [9.17, 15) is 14.9 Å². The number of hydrogen-bond acceptors (Lipinski definition) is 6. The Hall–Kier alpha value is -3.04. The monoisotopic (exact) mass is 403 g/mol. The number of rotatable bonds is 8. The Bertz CT molecular complexity index is 872. The second-order valence-corrected chi connectivity index (χ2v) is 6.12. The molecule has 0 heterocycles. The van der Waals surface area contributed by atoms with Crippen LogP contribution < -0.4 is 15.4 Å². The number of nitrogens with one attached hydrogen (secondary N) is 2. The summed E-state index contributed by atoms with van der Waals surface area (Å²) in [6.07, 6.45) is 0. The van der Waals surface area contributed by atoms with Crippen LogP contribution in [0.25, 0.3) is 0 Å². The fraction of sp³-hybridized carbons (Fsp3) is 0.263. The number of para-hydroxylation sites is 1. The van der Waals surface area contributed by atoms with Crippen molar-refractivity contribution >= 4 is 34.6 Å².